The minimum Gasteiger partial charge on any atom is -0.497 e. The maximum atomic E-state index is 14.2. The van der Waals surface area contributed by atoms with Gasteiger partial charge in [0.25, 0.3) is 5.56 Å². The Morgan fingerprint density at radius 1 is 1.16 bits per heavy atom. The molecule has 1 aromatic carbocycles. The second-order valence-corrected chi connectivity index (χ2v) is 11.3. The average molecular weight is 611 g/mol. The quantitative estimate of drug-likeness (QED) is 0.296. The van der Waals surface area contributed by atoms with Gasteiger partial charge in [0.15, 0.2) is 0 Å². The van der Waals surface area contributed by atoms with Gasteiger partial charge in [-0.05, 0) is 49.8 Å². The Bertz CT molecular complexity index is 1510. The number of amides is 1. The molecule has 12 heteroatoms. The number of nitrogens with zero attached hydrogens (tertiary/aromatic N) is 4. The molecule has 2 aromatic heterocycles. The molecule has 2 N–H and O–H groups in total. The van der Waals surface area contributed by atoms with Crippen molar-refractivity contribution in [3.8, 4) is 22.6 Å². The molecule has 1 atom stereocenters. The van der Waals surface area contributed by atoms with Gasteiger partial charge in [0.1, 0.15) is 17.1 Å². The SMILES string of the molecule is C=CC(=O)NC1CCN(CCn2c(=O)c(-c3cc(OC)cc(OC)c3Cl)cc3cnc(NCCC4CCOC4)nc32)CC1. The lowest BCUT2D eigenvalue weighted by atomic mass is 10.0. The number of rotatable bonds is 12. The van der Waals surface area contributed by atoms with Crippen molar-refractivity contribution in [2.75, 3.05) is 58.9 Å². The Kier molecular flexibility index (Phi) is 10.2. The number of fused-ring (bicyclic) bond motifs is 1. The Labute approximate surface area is 256 Å². The van der Waals surface area contributed by atoms with Gasteiger partial charge in [-0.2, -0.15) is 4.98 Å². The molecule has 4 heterocycles. The molecule has 2 saturated heterocycles. The Morgan fingerprint density at radius 2 is 1.98 bits per heavy atom. The van der Waals surface area contributed by atoms with Crippen molar-refractivity contribution >= 4 is 34.5 Å². The normalized spacial score (nSPS) is 17.6. The van der Waals surface area contributed by atoms with E-state index in [1.807, 2.05) is 0 Å². The molecule has 1 unspecified atom stereocenters. The van der Waals surface area contributed by atoms with Crippen molar-refractivity contribution in [2.45, 2.75) is 38.3 Å². The maximum Gasteiger partial charge on any atom is 0.260 e. The van der Waals surface area contributed by atoms with Crippen LogP contribution in [0.3, 0.4) is 0 Å². The van der Waals surface area contributed by atoms with Gasteiger partial charge in [-0.25, -0.2) is 4.98 Å². The molecule has 2 aliphatic heterocycles. The zero-order valence-electron chi connectivity index (χ0n) is 24.7. The Morgan fingerprint density at radius 3 is 2.67 bits per heavy atom. The van der Waals surface area contributed by atoms with E-state index in [2.05, 4.69) is 27.1 Å². The minimum atomic E-state index is -0.217. The Hall–Kier alpha value is -3.67. The summed E-state index contributed by atoms with van der Waals surface area (Å²) in [5.41, 5.74) is 1.25. The predicted molar refractivity (Wildman–Crippen MR) is 167 cm³/mol. The average Bonchev–Trinajstić information content (AvgIpc) is 3.55. The van der Waals surface area contributed by atoms with Gasteiger partial charge in [0.2, 0.25) is 11.9 Å². The monoisotopic (exact) mass is 610 g/mol. The number of halogens is 1. The highest BCUT2D eigenvalue weighted by Gasteiger charge is 2.22. The number of hydrogen-bond acceptors (Lipinski definition) is 9. The molecule has 11 nitrogen and oxygen atoms in total. The number of ether oxygens (including phenoxy) is 3. The van der Waals surface area contributed by atoms with E-state index >= 15 is 0 Å². The first-order valence-corrected chi connectivity index (χ1v) is 15.1. The molecule has 0 radical (unpaired) electrons. The topological polar surface area (TPSA) is 120 Å². The molecular formula is C31H39ClN6O5. The first kappa shape index (κ1) is 30.8. The van der Waals surface area contributed by atoms with E-state index in [0.29, 0.717) is 63.6 Å². The minimum absolute atomic E-state index is 0.121. The van der Waals surface area contributed by atoms with E-state index in [-0.39, 0.29) is 17.5 Å². The summed E-state index contributed by atoms with van der Waals surface area (Å²) in [6, 6.07) is 5.33. The van der Waals surface area contributed by atoms with Gasteiger partial charge in [-0.15, -0.1) is 0 Å². The number of aromatic nitrogens is 3. The fourth-order valence-electron chi connectivity index (χ4n) is 5.68. The van der Waals surface area contributed by atoms with Crippen molar-refractivity contribution in [3.63, 3.8) is 0 Å². The smallest absolute Gasteiger partial charge is 0.260 e. The molecule has 0 saturated carbocycles. The van der Waals surface area contributed by atoms with Crippen LogP contribution in [-0.2, 0) is 16.1 Å². The van der Waals surface area contributed by atoms with E-state index in [0.717, 1.165) is 58.5 Å². The third-order valence-corrected chi connectivity index (χ3v) is 8.59. The lowest BCUT2D eigenvalue weighted by Crippen LogP contribution is -2.45. The number of piperidine rings is 1. The fraction of sp³-hybridized carbons (Fsp3) is 0.484. The van der Waals surface area contributed by atoms with Gasteiger partial charge < -0.3 is 29.7 Å². The van der Waals surface area contributed by atoms with Gasteiger partial charge >= 0.3 is 0 Å². The summed E-state index contributed by atoms with van der Waals surface area (Å²) in [5, 5.41) is 7.35. The van der Waals surface area contributed by atoms with Gasteiger partial charge in [0.05, 0.1) is 19.2 Å². The number of methoxy groups -OCH3 is 2. The zero-order valence-corrected chi connectivity index (χ0v) is 25.5. The highest BCUT2D eigenvalue weighted by atomic mass is 35.5. The summed E-state index contributed by atoms with van der Waals surface area (Å²) in [6.45, 7) is 8.53. The molecular weight excluding hydrogens is 572 g/mol. The molecule has 0 bridgehead atoms. The van der Waals surface area contributed by atoms with Crippen LogP contribution in [0.2, 0.25) is 5.02 Å². The first-order chi connectivity index (χ1) is 20.9. The number of benzene rings is 1. The highest BCUT2D eigenvalue weighted by Crippen LogP contribution is 2.38. The summed E-state index contributed by atoms with van der Waals surface area (Å²) in [6.07, 6.45) is 6.73. The molecule has 0 aliphatic carbocycles. The highest BCUT2D eigenvalue weighted by molar-refractivity contribution is 6.35. The number of pyridine rings is 1. The van der Waals surface area contributed by atoms with Gasteiger partial charge in [-0.3, -0.25) is 14.2 Å². The molecule has 43 heavy (non-hydrogen) atoms. The molecule has 5 rings (SSSR count). The lowest BCUT2D eigenvalue weighted by Gasteiger charge is -2.32. The van der Waals surface area contributed by atoms with Crippen molar-refractivity contribution in [2.24, 2.45) is 5.92 Å². The number of nitrogens with one attached hydrogen (secondary N) is 2. The zero-order chi connectivity index (χ0) is 30.3. The molecule has 0 spiro atoms. The second kappa shape index (κ2) is 14.2. The summed E-state index contributed by atoms with van der Waals surface area (Å²) in [4.78, 5) is 37.5. The van der Waals surface area contributed by atoms with E-state index in [1.165, 1.54) is 13.2 Å². The lowest BCUT2D eigenvalue weighted by molar-refractivity contribution is -0.117. The van der Waals surface area contributed by atoms with E-state index in [1.54, 1.807) is 36.1 Å². The van der Waals surface area contributed by atoms with E-state index in [4.69, 9.17) is 30.8 Å². The fourth-order valence-corrected chi connectivity index (χ4v) is 5.97. The van der Waals surface area contributed by atoms with Crippen LogP contribution in [0.15, 0.2) is 41.8 Å². The van der Waals surface area contributed by atoms with Crippen LogP contribution in [0, 0.1) is 5.92 Å². The first-order valence-electron chi connectivity index (χ1n) is 14.7. The van der Waals surface area contributed by atoms with Crippen LogP contribution < -0.4 is 25.7 Å². The summed E-state index contributed by atoms with van der Waals surface area (Å²) < 4.78 is 18.1. The maximum absolute atomic E-state index is 14.2. The van der Waals surface area contributed by atoms with E-state index in [9.17, 15) is 9.59 Å². The van der Waals surface area contributed by atoms with Crippen LogP contribution in [0.5, 0.6) is 11.5 Å². The number of carbonyl (C=O) groups is 1. The molecule has 1 amide bonds. The van der Waals surface area contributed by atoms with Crippen LogP contribution >= 0.6 is 11.6 Å². The third-order valence-electron chi connectivity index (χ3n) is 8.20. The Balaban J connectivity index is 1.44. The van der Waals surface area contributed by atoms with Crippen LogP contribution in [0.4, 0.5) is 5.95 Å². The van der Waals surface area contributed by atoms with Crippen LogP contribution in [-0.4, -0.2) is 85.0 Å². The molecule has 2 aliphatic rings. The van der Waals surface area contributed by atoms with Crippen LogP contribution in [0.25, 0.3) is 22.2 Å². The standard InChI is InChI=1S/C31H39ClN6O5/c1-4-27(39)35-22-6-10-37(11-7-22)12-13-38-29-21(18-34-31(36-29)33-9-5-20-8-14-43-19-20)15-25(30(38)40)24-16-23(41-2)17-26(42-3)28(24)32/h4,15-18,20,22H,1,5-14,19H2,2-3H3,(H,35,39)(H,33,34,36). The van der Waals surface area contributed by atoms with E-state index < -0.39 is 0 Å². The number of carbonyl (C=O) groups excluding carboxylic acids is 1. The second-order valence-electron chi connectivity index (χ2n) is 11.0. The molecule has 3 aromatic rings. The summed E-state index contributed by atoms with van der Waals surface area (Å²) in [7, 11) is 3.08. The largest absolute Gasteiger partial charge is 0.497 e. The van der Waals surface area contributed by atoms with Crippen LogP contribution in [0.1, 0.15) is 25.7 Å². The van der Waals surface area contributed by atoms with Gasteiger partial charge in [0, 0.05) is 80.8 Å². The van der Waals surface area contributed by atoms with Gasteiger partial charge in [-0.1, -0.05) is 18.2 Å². The summed E-state index contributed by atoms with van der Waals surface area (Å²) in [5.74, 6) is 1.80. The number of anilines is 1. The molecule has 230 valence electrons. The van der Waals surface area contributed by atoms with Crippen molar-refractivity contribution in [1.29, 1.82) is 0 Å². The predicted octanol–water partition coefficient (Wildman–Crippen LogP) is 3.73. The third kappa shape index (κ3) is 7.29. The summed E-state index contributed by atoms with van der Waals surface area (Å²) >= 11 is 6.72. The van der Waals surface area contributed by atoms with Crippen molar-refractivity contribution < 1.29 is 19.0 Å². The molecule has 2 fully saturated rings. The number of likely N-dealkylation sites (tertiary alicyclic amines) is 1. The van der Waals surface area contributed by atoms with Crippen molar-refractivity contribution in [3.05, 3.63) is 52.4 Å². The number of hydrogen-bond donors (Lipinski definition) is 2. The van der Waals surface area contributed by atoms with Crippen molar-refractivity contribution in [1.82, 2.24) is 24.8 Å².